The average molecular weight is 180 g/mol. The van der Waals surface area contributed by atoms with Crippen LogP contribution in [0.5, 0.6) is 0 Å². The molecular weight excluding hydrogens is 168 g/mol. The number of aromatic nitrogens is 1. The predicted molar refractivity (Wildman–Crippen MR) is 52.3 cm³/mol. The molecule has 1 aliphatic rings. The largest absolute Gasteiger partial charge is 0.314 e. The Balaban J connectivity index is 2.08. The molecular formula is C9H12N2S. The lowest BCUT2D eigenvalue weighted by Gasteiger charge is -2.22. The van der Waals surface area contributed by atoms with E-state index in [1.165, 1.54) is 11.3 Å². The van der Waals surface area contributed by atoms with Crippen molar-refractivity contribution in [1.29, 1.82) is 0 Å². The molecule has 0 saturated carbocycles. The summed E-state index contributed by atoms with van der Waals surface area (Å²) >= 11 is 2.03. The molecule has 1 unspecified atom stereocenters. The summed E-state index contributed by atoms with van der Waals surface area (Å²) in [4.78, 5) is 4.01. The molecule has 0 aliphatic carbocycles. The van der Waals surface area contributed by atoms with Crippen molar-refractivity contribution in [1.82, 2.24) is 10.3 Å². The van der Waals surface area contributed by atoms with E-state index in [-0.39, 0.29) is 0 Å². The molecule has 1 saturated heterocycles. The van der Waals surface area contributed by atoms with Crippen LogP contribution in [0.15, 0.2) is 24.5 Å². The Kier molecular flexibility index (Phi) is 2.64. The van der Waals surface area contributed by atoms with Gasteiger partial charge in [-0.2, -0.15) is 11.8 Å². The molecule has 2 nitrogen and oxygen atoms in total. The number of rotatable bonds is 1. The summed E-state index contributed by atoms with van der Waals surface area (Å²) in [5, 5.41) is 4.02. The van der Waals surface area contributed by atoms with E-state index in [0.717, 1.165) is 13.1 Å². The molecule has 0 spiro atoms. The van der Waals surface area contributed by atoms with Crippen molar-refractivity contribution in [3.63, 3.8) is 0 Å². The maximum absolute atomic E-state index is 4.01. The lowest BCUT2D eigenvalue weighted by atomic mass is 10.2. The minimum Gasteiger partial charge on any atom is -0.314 e. The minimum atomic E-state index is 0.627. The predicted octanol–water partition coefficient (Wildman–Crippen LogP) is 1.46. The van der Waals surface area contributed by atoms with Crippen LogP contribution in [0.2, 0.25) is 0 Å². The lowest BCUT2D eigenvalue weighted by Crippen LogP contribution is -2.28. The van der Waals surface area contributed by atoms with Gasteiger partial charge in [-0.05, 0) is 17.7 Å². The molecule has 64 valence electrons. The van der Waals surface area contributed by atoms with Crippen molar-refractivity contribution in [2.24, 2.45) is 0 Å². The third-order valence-corrected chi connectivity index (χ3v) is 3.29. The topological polar surface area (TPSA) is 24.9 Å². The Morgan fingerprint density at radius 3 is 2.92 bits per heavy atom. The third-order valence-electron chi connectivity index (χ3n) is 2.01. The summed E-state index contributed by atoms with van der Waals surface area (Å²) in [5.74, 6) is 1.22. The van der Waals surface area contributed by atoms with Gasteiger partial charge in [0, 0.05) is 36.5 Å². The van der Waals surface area contributed by atoms with Gasteiger partial charge in [0.05, 0.1) is 0 Å². The van der Waals surface area contributed by atoms with E-state index in [1.54, 1.807) is 0 Å². The first-order valence-corrected chi connectivity index (χ1v) is 5.24. The van der Waals surface area contributed by atoms with Crippen LogP contribution >= 0.6 is 11.8 Å². The van der Waals surface area contributed by atoms with Crippen molar-refractivity contribution in [2.45, 2.75) is 5.25 Å². The van der Waals surface area contributed by atoms with Crippen LogP contribution in [0, 0.1) is 0 Å². The van der Waals surface area contributed by atoms with Crippen LogP contribution in [-0.4, -0.2) is 23.8 Å². The number of thioether (sulfide) groups is 1. The number of pyridine rings is 1. The van der Waals surface area contributed by atoms with Gasteiger partial charge in [0.25, 0.3) is 0 Å². The Morgan fingerprint density at radius 2 is 2.25 bits per heavy atom. The molecule has 0 radical (unpaired) electrons. The molecule has 2 heterocycles. The molecule has 0 aromatic carbocycles. The fourth-order valence-corrected chi connectivity index (χ4v) is 2.49. The second-order valence-electron chi connectivity index (χ2n) is 2.84. The van der Waals surface area contributed by atoms with E-state index in [9.17, 15) is 0 Å². The SMILES string of the molecule is c1cc(C2CNCCS2)ccn1. The quantitative estimate of drug-likeness (QED) is 0.708. The summed E-state index contributed by atoms with van der Waals surface area (Å²) in [5.41, 5.74) is 1.39. The van der Waals surface area contributed by atoms with Crippen molar-refractivity contribution in [2.75, 3.05) is 18.8 Å². The van der Waals surface area contributed by atoms with E-state index in [2.05, 4.69) is 22.4 Å². The van der Waals surface area contributed by atoms with Crippen molar-refractivity contribution in [3.05, 3.63) is 30.1 Å². The molecule has 0 bridgehead atoms. The number of nitrogens with one attached hydrogen (secondary N) is 1. The molecule has 2 rings (SSSR count). The summed E-state index contributed by atoms with van der Waals surface area (Å²) < 4.78 is 0. The smallest absolute Gasteiger partial charge is 0.0423 e. The molecule has 1 aliphatic heterocycles. The summed E-state index contributed by atoms with van der Waals surface area (Å²) in [7, 11) is 0. The Labute approximate surface area is 76.8 Å². The van der Waals surface area contributed by atoms with Gasteiger partial charge in [-0.1, -0.05) is 0 Å². The second-order valence-corrected chi connectivity index (χ2v) is 4.15. The zero-order valence-corrected chi connectivity index (χ0v) is 7.68. The standard InChI is InChI=1S/C9H12N2S/c1-3-10-4-2-8(1)9-7-11-5-6-12-9/h1-4,9,11H,5-7H2. The van der Waals surface area contributed by atoms with Gasteiger partial charge in [0.1, 0.15) is 0 Å². The van der Waals surface area contributed by atoms with Crippen LogP contribution in [0.1, 0.15) is 10.8 Å². The van der Waals surface area contributed by atoms with Gasteiger partial charge in [-0.25, -0.2) is 0 Å². The Bertz CT molecular complexity index is 232. The monoisotopic (exact) mass is 180 g/mol. The number of hydrogen-bond acceptors (Lipinski definition) is 3. The highest BCUT2D eigenvalue weighted by atomic mass is 32.2. The van der Waals surface area contributed by atoms with E-state index in [4.69, 9.17) is 0 Å². The highest BCUT2D eigenvalue weighted by Crippen LogP contribution is 2.29. The zero-order valence-electron chi connectivity index (χ0n) is 6.86. The van der Waals surface area contributed by atoms with Crippen molar-refractivity contribution in [3.8, 4) is 0 Å². The maximum Gasteiger partial charge on any atom is 0.0423 e. The minimum absolute atomic E-state index is 0.627. The van der Waals surface area contributed by atoms with Gasteiger partial charge in [-0.3, -0.25) is 4.98 Å². The highest BCUT2D eigenvalue weighted by molar-refractivity contribution is 7.99. The fourth-order valence-electron chi connectivity index (χ4n) is 1.36. The average Bonchev–Trinajstić information content (AvgIpc) is 2.21. The molecule has 1 aromatic heterocycles. The Hall–Kier alpha value is -0.540. The van der Waals surface area contributed by atoms with Crippen LogP contribution in [0.3, 0.4) is 0 Å². The summed E-state index contributed by atoms with van der Waals surface area (Å²) in [6, 6.07) is 4.20. The van der Waals surface area contributed by atoms with Crippen LogP contribution in [0.4, 0.5) is 0 Å². The van der Waals surface area contributed by atoms with E-state index in [0.29, 0.717) is 5.25 Å². The summed E-state index contributed by atoms with van der Waals surface area (Å²) in [6.07, 6.45) is 3.73. The van der Waals surface area contributed by atoms with Gasteiger partial charge < -0.3 is 5.32 Å². The van der Waals surface area contributed by atoms with Crippen LogP contribution < -0.4 is 5.32 Å². The van der Waals surface area contributed by atoms with Gasteiger partial charge in [0.2, 0.25) is 0 Å². The van der Waals surface area contributed by atoms with Gasteiger partial charge in [-0.15, -0.1) is 0 Å². The van der Waals surface area contributed by atoms with E-state index >= 15 is 0 Å². The molecule has 0 amide bonds. The van der Waals surface area contributed by atoms with Crippen molar-refractivity contribution < 1.29 is 0 Å². The molecule has 12 heavy (non-hydrogen) atoms. The number of hydrogen-bond donors (Lipinski definition) is 1. The fraction of sp³-hybridized carbons (Fsp3) is 0.444. The van der Waals surface area contributed by atoms with Gasteiger partial charge >= 0.3 is 0 Å². The van der Waals surface area contributed by atoms with E-state index in [1.807, 2.05) is 24.2 Å². The molecule has 1 N–H and O–H groups in total. The molecule has 1 aromatic rings. The first-order chi connectivity index (χ1) is 5.97. The highest BCUT2D eigenvalue weighted by Gasteiger charge is 2.14. The number of nitrogens with zero attached hydrogens (tertiary/aromatic N) is 1. The zero-order chi connectivity index (χ0) is 8.23. The second kappa shape index (κ2) is 3.92. The van der Waals surface area contributed by atoms with Gasteiger partial charge in [0.15, 0.2) is 0 Å². The first kappa shape index (κ1) is 8.08. The molecule has 1 atom stereocenters. The maximum atomic E-state index is 4.01. The molecule has 1 fully saturated rings. The Morgan fingerprint density at radius 1 is 1.42 bits per heavy atom. The lowest BCUT2D eigenvalue weighted by molar-refractivity contribution is 0.689. The van der Waals surface area contributed by atoms with Crippen molar-refractivity contribution >= 4 is 11.8 Å². The summed E-state index contributed by atoms with van der Waals surface area (Å²) in [6.45, 7) is 2.24. The van der Waals surface area contributed by atoms with E-state index < -0.39 is 0 Å². The molecule has 3 heteroatoms. The normalized spacial score (nSPS) is 23.8. The third kappa shape index (κ3) is 1.79. The van der Waals surface area contributed by atoms with Crippen LogP contribution in [0.25, 0.3) is 0 Å². The first-order valence-electron chi connectivity index (χ1n) is 4.19. The van der Waals surface area contributed by atoms with Crippen LogP contribution in [-0.2, 0) is 0 Å².